The molecule has 1 aromatic rings. The topological polar surface area (TPSA) is 138 Å². The molecule has 2 rings (SSSR count). The molecule has 26 heavy (non-hydrogen) atoms. The predicted molar refractivity (Wildman–Crippen MR) is 95.4 cm³/mol. The molecule has 4 N–H and O–H groups in total. The van der Waals surface area contributed by atoms with E-state index in [1.54, 1.807) is 0 Å². The molecule has 0 unspecified atom stereocenters. The summed E-state index contributed by atoms with van der Waals surface area (Å²) in [5, 5.41) is 19.6. The smallest absolute Gasteiger partial charge is 0.263 e. The summed E-state index contributed by atoms with van der Waals surface area (Å²) in [5.74, 6) is -0.477. The van der Waals surface area contributed by atoms with Gasteiger partial charge in [0.1, 0.15) is 11.6 Å². The summed E-state index contributed by atoms with van der Waals surface area (Å²) >= 11 is 0. The summed E-state index contributed by atoms with van der Waals surface area (Å²) in [5.41, 5.74) is 0.439. The molecule has 0 saturated carbocycles. The van der Waals surface area contributed by atoms with Crippen molar-refractivity contribution in [3.8, 4) is 6.07 Å². The molecule has 1 aliphatic heterocycles. The van der Waals surface area contributed by atoms with Crippen LogP contribution in [0.5, 0.6) is 0 Å². The number of ether oxygens (including phenoxy) is 1. The van der Waals surface area contributed by atoms with Crippen LogP contribution in [-0.2, 0) is 19.6 Å². The highest BCUT2D eigenvalue weighted by Crippen LogP contribution is 2.13. The van der Waals surface area contributed by atoms with Crippen LogP contribution in [0, 0.1) is 11.3 Å². The molecule has 0 aliphatic carbocycles. The average Bonchev–Trinajstić information content (AvgIpc) is 2.63. The van der Waals surface area contributed by atoms with Crippen molar-refractivity contribution in [2.75, 3.05) is 44.7 Å². The van der Waals surface area contributed by atoms with Crippen LogP contribution in [0.25, 0.3) is 0 Å². The normalized spacial score (nSPS) is 15.9. The highest BCUT2D eigenvalue weighted by Gasteiger charge is 2.12. The maximum Gasteiger partial charge on any atom is 0.263 e. The number of carbonyl (C=O) groups excluding carboxylic acids is 1. The van der Waals surface area contributed by atoms with Gasteiger partial charge in [-0.1, -0.05) is 0 Å². The molecule has 0 radical (unpaired) electrons. The Balaban J connectivity index is 1.86. The Morgan fingerprint density at radius 3 is 2.54 bits per heavy atom. The Morgan fingerprint density at radius 1 is 1.31 bits per heavy atom. The molecule has 0 atom stereocenters. The lowest BCUT2D eigenvalue weighted by Gasteiger charge is -2.26. The van der Waals surface area contributed by atoms with Crippen molar-refractivity contribution in [3.63, 3.8) is 0 Å². The van der Waals surface area contributed by atoms with E-state index in [9.17, 15) is 13.2 Å². The summed E-state index contributed by atoms with van der Waals surface area (Å²) < 4.78 is 27.7. The summed E-state index contributed by atoms with van der Waals surface area (Å²) in [7, 11) is -3.76. The van der Waals surface area contributed by atoms with Crippen molar-refractivity contribution in [3.05, 3.63) is 36.0 Å². The number of nitrogens with one attached hydrogen (secondary N) is 2. The van der Waals surface area contributed by atoms with Crippen LogP contribution in [0.2, 0.25) is 0 Å². The lowest BCUT2D eigenvalue weighted by molar-refractivity contribution is -0.117. The molecule has 10 heteroatoms. The number of sulfonamides is 1. The molecular formula is C16H21N5O4S. The minimum Gasteiger partial charge on any atom is -0.379 e. The highest BCUT2D eigenvalue weighted by atomic mass is 32.2. The van der Waals surface area contributed by atoms with E-state index < -0.39 is 15.9 Å². The monoisotopic (exact) mass is 379 g/mol. The molecule has 0 aromatic heterocycles. The summed E-state index contributed by atoms with van der Waals surface area (Å²) in [4.78, 5) is 14.2. The van der Waals surface area contributed by atoms with Gasteiger partial charge in [0.25, 0.3) is 5.91 Å². The Labute approximate surface area is 152 Å². The van der Waals surface area contributed by atoms with Crippen LogP contribution < -0.4 is 15.8 Å². The van der Waals surface area contributed by atoms with Crippen LogP contribution >= 0.6 is 0 Å². The third kappa shape index (κ3) is 6.12. The van der Waals surface area contributed by atoms with Gasteiger partial charge in [-0.2, -0.15) is 5.26 Å². The fourth-order valence-electron chi connectivity index (χ4n) is 2.29. The zero-order valence-corrected chi connectivity index (χ0v) is 15.0. The summed E-state index contributed by atoms with van der Waals surface area (Å²) in [6, 6.07) is 7.48. The first-order valence-electron chi connectivity index (χ1n) is 7.98. The molecule has 1 aromatic carbocycles. The van der Waals surface area contributed by atoms with Crippen molar-refractivity contribution < 1.29 is 17.9 Å². The molecule has 1 aliphatic rings. The van der Waals surface area contributed by atoms with Crippen molar-refractivity contribution in [2.45, 2.75) is 4.90 Å². The van der Waals surface area contributed by atoms with Gasteiger partial charge < -0.3 is 15.4 Å². The van der Waals surface area contributed by atoms with Gasteiger partial charge in [0.2, 0.25) is 10.0 Å². The van der Waals surface area contributed by atoms with E-state index in [0.717, 1.165) is 13.1 Å². The Hall–Kier alpha value is -2.45. The van der Waals surface area contributed by atoms with Crippen LogP contribution in [0.4, 0.5) is 5.69 Å². The number of carbonyl (C=O) groups is 1. The number of nitriles is 1. The maximum absolute atomic E-state index is 12.0. The van der Waals surface area contributed by atoms with Gasteiger partial charge in [0.05, 0.1) is 18.1 Å². The van der Waals surface area contributed by atoms with Gasteiger partial charge in [-0.25, -0.2) is 13.6 Å². The molecule has 9 nitrogen and oxygen atoms in total. The number of rotatable bonds is 7. The first-order valence-corrected chi connectivity index (χ1v) is 9.53. The molecule has 140 valence electrons. The van der Waals surface area contributed by atoms with Crippen LogP contribution in [0.15, 0.2) is 40.9 Å². The van der Waals surface area contributed by atoms with Gasteiger partial charge in [0.15, 0.2) is 0 Å². The summed E-state index contributed by atoms with van der Waals surface area (Å²) in [6.45, 7) is 4.15. The van der Waals surface area contributed by atoms with Crippen molar-refractivity contribution >= 4 is 21.6 Å². The van der Waals surface area contributed by atoms with Crippen LogP contribution in [0.3, 0.4) is 0 Å². The SMILES string of the molecule is N#C/C(=C/Nc1ccc(S(N)(=O)=O)cc1)C(=O)NCCN1CCOCC1. The van der Waals surface area contributed by atoms with E-state index in [2.05, 4.69) is 15.5 Å². The Kier molecular flexibility index (Phi) is 7.11. The Morgan fingerprint density at radius 2 is 1.96 bits per heavy atom. The molecule has 1 saturated heterocycles. The third-order valence-corrected chi connectivity index (χ3v) is 4.68. The van der Waals surface area contributed by atoms with Crippen molar-refractivity contribution in [1.82, 2.24) is 10.2 Å². The molecule has 0 bridgehead atoms. The van der Waals surface area contributed by atoms with E-state index >= 15 is 0 Å². The number of nitrogens with two attached hydrogens (primary N) is 1. The lowest BCUT2D eigenvalue weighted by Crippen LogP contribution is -2.41. The molecule has 1 heterocycles. The van der Waals surface area contributed by atoms with E-state index in [1.165, 1.54) is 30.5 Å². The van der Waals surface area contributed by atoms with E-state index in [0.29, 0.717) is 32.0 Å². The van der Waals surface area contributed by atoms with E-state index in [4.69, 9.17) is 15.1 Å². The molecule has 1 fully saturated rings. The second kappa shape index (κ2) is 9.30. The fourth-order valence-corrected chi connectivity index (χ4v) is 2.81. The number of morpholine rings is 1. The van der Waals surface area contributed by atoms with Crippen LogP contribution in [-0.4, -0.2) is 58.6 Å². The lowest BCUT2D eigenvalue weighted by atomic mass is 10.2. The minimum atomic E-state index is -3.76. The molecule has 0 spiro atoms. The maximum atomic E-state index is 12.0. The largest absolute Gasteiger partial charge is 0.379 e. The highest BCUT2D eigenvalue weighted by molar-refractivity contribution is 7.89. The van der Waals surface area contributed by atoms with Gasteiger partial charge in [-0.15, -0.1) is 0 Å². The summed E-state index contributed by atoms with van der Waals surface area (Å²) in [6.07, 6.45) is 1.27. The number of primary sulfonamides is 1. The quantitative estimate of drug-likeness (QED) is 0.433. The first-order chi connectivity index (χ1) is 12.4. The number of nitrogens with zero attached hydrogens (tertiary/aromatic N) is 2. The van der Waals surface area contributed by atoms with Crippen molar-refractivity contribution in [2.24, 2.45) is 5.14 Å². The second-order valence-electron chi connectivity index (χ2n) is 5.59. The van der Waals surface area contributed by atoms with Gasteiger partial charge >= 0.3 is 0 Å². The van der Waals surface area contributed by atoms with Crippen LogP contribution in [0.1, 0.15) is 0 Å². The van der Waals surface area contributed by atoms with E-state index in [-0.39, 0.29) is 10.5 Å². The minimum absolute atomic E-state index is 0.0200. The second-order valence-corrected chi connectivity index (χ2v) is 7.15. The molecular weight excluding hydrogens is 358 g/mol. The number of hydrogen-bond acceptors (Lipinski definition) is 7. The number of benzene rings is 1. The number of anilines is 1. The first kappa shape index (κ1) is 19.9. The van der Waals surface area contributed by atoms with Gasteiger partial charge in [0, 0.05) is 38.1 Å². The number of amides is 1. The van der Waals surface area contributed by atoms with Gasteiger partial charge in [-0.05, 0) is 24.3 Å². The standard InChI is InChI=1S/C16H21N5O4S/c17-11-13(16(22)19-5-6-21-7-9-25-10-8-21)12-20-14-1-3-15(4-2-14)26(18,23)24/h1-4,12,20H,5-10H2,(H,19,22)(H2,18,23,24)/b13-12-. The van der Waals surface area contributed by atoms with Crippen molar-refractivity contribution in [1.29, 1.82) is 5.26 Å². The van der Waals surface area contributed by atoms with E-state index in [1.807, 2.05) is 6.07 Å². The Bertz CT molecular complexity index is 793. The fraction of sp³-hybridized carbons (Fsp3) is 0.375. The third-order valence-electron chi connectivity index (χ3n) is 3.75. The predicted octanol–water partition coefficient (Wildman–Crippen LogP) is -0.398. The zero-order valence-electron chi connectivity index (χ0n) is 14.1. The zero-order chi connectivity index (χ0) is 19.0. The van der Waals surface area contributed by atoms with Gasteiger partial charge in [-0.3, -0.25) is 9.69 Å². The average molecular weight is 379 g/mol. The molecule has 1 amide bonds. The number of hydrogen-bond donors (Lipinski definition) is 3.